The standard InChI is InChI=1S/C19H18BrNO3/c1-14(16-5-3-2-4-6-16)21-18(22)13-24-19(23)12-9-15-7-10-17(20)11-8-15/h2-12,14H,13H2,1H3,(H,21,22)/b12-9+/t14-/m1/s1. The summed E-state index contributed by atoms with van der Waals surface area (Å²) in [6.45, 7) is 1.57. The van der Waals surface area contributed by atoms with Gasteiger partial charge in [-0.1, -0.05) is 58.4 Å². The number of halogens is 1. The Morgan fingerprint density at radius 2 is 1.79 bits per heavy atom. The zero-order valence-corrected chi connectivity index (χ0v) is 14.8. The zero-order valence-electron chi connectivity index (χ0n) is 13.2. The number of nitrogens with one attached hydrogen (secondary N) is 1. The fourth-order valence-corrected chi connectivity index (χ4v) is 2.30. The summed E-state index contributed by atoms with van der Waals surface area (Å²) in [6.07, 6.45) is 2.94. The molecule has 0 aromatic heterocycles. The maximum atomic E-state index is 11.8. The van der Waals surface area contributed by atoms with Crippen molar-refractivity contribution in [3.63, 3.8) is 0 Å². The molecular weight excluding hydrogens is 370 g/mol. The van der Waals surface area contributed by atoms with Crippen LogP contribution in [0, 0.1) is 0 Å². The van der Waals surface area contributed by atoms with E-state index in [1.165, 1.54) is 6.08 Å². The van der Waals surface area contributed by atoms with E-state index in [1.807, 2.05) is 61.5 Å². The van der Waals surface area contributed by atoms with Gasteiger partial charge >= 0.3 is 5.97 Å². The van der Waals surface area contributed by atoms with E-state index in [4.69, 9.17) is 4.74 Å². The van der Waals surface area contributed by atoms with Crippen molar-refractivity contribution >= 4 is 33.9 Å². The van der Waals surface area contributed by atoms with Gasteiger partial charge in [0.25, 0.3) is 5.91 Å². The molecule has 0 spiro atoms. The van der Waals surface area contributed by atoms with E-state index in [0.717, 1.165) is 15.6 Å². The van der Waals surface area contributed by atoms with E-state index in [-0.39, 0.29) is 18.6 Å². The van der Waals surface area contributed by atoms with Crippen molar-refractivity contribution in [2.75, 3.05) is 6.61 Å². The minimum absolute atomic E-state index is 0.143. The fourth-order valence-electron chi connectivity index (χ4n) is 2.03. The first-order valence-electron chi connectivity index (χ1n) is 7.49. The van der Waals surface area contributed by atoms with Gasteiger partial charge in [0.1, 0.15) is 0 Å². The summed E-state index contributed by atoms with van der Waals surface area (Å²) in [7, 11) is 0. The van der Waals surface area contributed by atoms with E-state index >= 15 is 0 Å². The molecule has 0 saturated carbocycles. The largest absolute Gasteiger partial charge is 0.452 e. The lowest BCUT2D eigenvalue weighted by Crippen LogP contribution is -2.30. The summed E-state index contributed by atoms with van der Waals surface area (Å²) in [5.74, 6) is -0.892. The first kappa shape index (κ1) is 17.9. The molecule has 0 bridgehead atoms. The molecule has 0 radical (unpaired) electrons. The minimum atomic E-state index is -0.555. The highest BCUT2D eigenvalue weighted by Crippen LogP contribution is 2.12. The number of hydrogen-bond donors (Lipinski definition) is 1. The number of ether oxygens (including phenoxy) is 1. The third kappa shape index (κ3) is 6.01. The van der Waals surface area contributed by atoms with Gasteiger partial charge in [0, 0.05) is 10.5 Å². The average molecular weight is 388 g/mol. The van der Waals surface area contributed by atoms with Crippen LogP contribution in [0.5, 0.6) is 0 Å². The Bertz CT molecular complexity index is 711. The van der Waals surface area contributed by atoms with Crippen molar-refractivity contribution in [2.24, 2.45) is 0 Å². The molecule has 2 aromatic carbocycles. The number of carbonyl (C=O) groups is 2. The molecule has 2 aromatic rings. The molecular formula is C19H18BrNO3. The van der Waals surface area contributed by atoms with Crippen molar-refractivity contribution in [3.05, 3.63) is 76.3 Å². The quantitative estimate of drug-likeness (QED) is 0.604. The predicted octanol–water partition coefficient (Wildman–Crippen LogP) is 3.88. The van der Waals surface area contributed by atoms with Crippen molar-refractivity contribution < 1.29 is 14.3 Å². The van der Waals surface area contributed by atoms with Crippen LogP contribution in [0.3, 0.4) is 0 Å². The number of benzene rings is 2. The first-order valence-corrected chi connectivity index (χ1v) is 8.28. The molecule has 1 amide bonds. The van der Waals surface area contributed by atoms with Crippen LogP contribution in [-0.4, -0.2) is 18.5 Å². The zero-order chi connectivity index (χ0) is 17.4. The Morgan fingerprint density at radius 1 is 1.12 bits per heavy atom. The van der Waals surface area contributed by atoms with Gasteiger partial charge in [-0.25, -0.2) is 4.79 Å². The second kappa shape index (κ2) is 9.03. The Hall–Kier alpha value is -2.40. The van der Waals surface area contributed by atoms with Crippen LogP contribution in [0.1, 0.15) is 24.1 Å². The van der Waals surface area contributed by atoms with Crippen molar-refractivity contribution in [1.82, 2.24) is 5.32 Å². The second-order valence-corrected chi connectivity index (χ2v) is 6.11. The highest BCUT2D eigenvalue weighted by Gasteiger charge is 2.10. The lowest BCUT2D eigenvalue weighted by Gasteiger charge is -2.13. The van der Waals surface area contributed by atoms with Gasteiger partial charge in [-0.3, -0.25) is 4.79 Å². The van der Waals surface area contributed by atoms with Gasteiger partial charge in [0.2, 0.25) is 0 Å². The van der Waals surface area contributed by atoms with Crippen LogP contribution in [0.25, 0.3) is 6.08 Å². The lowest BCUT2D eigenvalue weighted by atomic mass is 10.1. The Morgan fingerprint density at radius 3 is 2.46 bits per heavy atom. The van der Waals surface area contributed by atoms with Crippen LogP contribution in [-0.2, 0) is 14.3 Å². The van der Waals surface area contributed by atoms with Crippen LogP contribution in [0.4, 0.5) is 0 Å². The molecule has 4 nitrogen and oxygen atoms in total. The topological polar surface area (TPSA) is 55.4 Å². The van der Waals surface area contributed by atoms with Crippen molar-refractivity contribution in [2.45, 2.75) is 13.0 Å². The molecule has 1 N–H and O–H groups in total. The molecule has 0 fully saturated rings. The van der Waals surface area contributed by atoms with E-state index in [0.29, 0.717) is 0 Å². The molecule has 0 aliphatic heterocycles. The summed E-state index contributed by atoms with van der Waals surface area (Å²) >= 11 is 3.34. The summed E-state index contributed by atoms with van der Waals surface area (Å²) in [6, 6.07) is 16.9. The fraction of sp³-hybridized carbons (Fsp3) is 0.158. The number of rotatable bonds is 6. The summed E-state index contributed by atoms with van der Waals surface area (Å²) < 4.78 is 5.90. The van der Waals surface area contributed by atoms with Crippen molar-refractivity contribution in [3.8, 4) is 0 Å². The van der Waals surface area contributed by atoms with Gasteiger partial charge in [-0.05, 0) is 36.3 Å². The summed E-state index contributed by atoms with van der Waals surface area (Å²) in [4.78, 5) is 23.5. The highest BCUT2D eigenvalue weighted by molar-refractivity contribution is 9.10. The van der Waals surface area contributed by atoms with Gasteiger partial charge in [0.15, 0.2) is 6.61 Å². The normalized spacial score (nSPS) is 11.9. The maximum absolute atomic E-state index is 11.8. The number of carbonyl (C=O) groups excluding carboxylic acids is 2. The van der Waals surface area contributed by atoms with Crippen molar-refractivity contribution in [1.29, 1.82) is 0 Å². The third-order valence-electron chi connectivity index (χ3n) is 3.30. The smallest absolute Gasteiger partial charge is 0.331 e. The first-order chi connectivity index (χ1) is 11.5. The monoisotopic (exact) mass is 387 g/mol. The minimum Gasteiger partial charge on any atom is -0.452 e. The van der Waals surface area contributed by atoms with Gasteiger partial charge in [0.05, 0.1) is 6.04 Å². The van der Waals surface area contributed by atoms with Crippen LogP contribution in [0.15, 0.2) is 65.1 Å². The van der Waals surface area contributed by atoms with Gasteiger partial charge in [-0.2, -0.15) is 0 Å². The van der Waals surface area contributed by atoms with Gasteiger partial charge < -0.3 is 10.1 Å². The van der Waals surface area contributed by atoms with Crippen LogP contribution in [0.2, 0.25) is 0 Å². The summed E-state index contributed by atoms with van der Waals surface area (Å²) in [5, 5.41) is 2.79. The molecule has 0 unspecified atom stereocenters. The predicted molar refractivity (Wildman–Crippen MR) is 97.1 cm³/mol. The maximum Gasteiger partial charge on any atom is 0.331 e. The number of hydrogen-bond acceptors (Lipinski definition) is 3. The average Bonchev–Trinajstić information content (AvgIpc) is 2.60. The molecule has 124 valence electrons. The molecule has 0 heterocycles. The Balaban J connectivity index is 1.76. The highest BCUT2D eigenvalue weighted by atomic mass is 79.9. The molecule has 2 rings (SSSR count). The Kier molecular flexibility index (Phi) is 6.75. The molecule has 0 saturated heterocycles. The summed E-state index contributed by atoms with van der Waals surface area (Å²) in [5.41, 5.74) is 1.87. The second-order valence-electron chi connectivity index (χ2n) is 5.19. The number of esters is 1. The SMILES string of the molecule is C[C@@H](NC(=O)COC(=O)/C=C/c1ccc(Br)cc1)c1ccccc1. The molecule has 1 atom stereocenters. The molecule has 0 aliphatic carbocycles. The number of amides is 1. The Labute approximate surface area is 149 Å². The molecule has 5 heteroatoms. The van der Waals surface area contributed by atoms with Crippen LogP contribution < -0.4 is 5.32 Å². The van der Waals surface area contributed by atoms with E-state index in [1.54, 1.807) is 6.08 Å². The van der Waals surface area contributed by atoms with E-state index < -0.39 is 5.97 Å². The molecule has 24 heavy (non-hydrogen) atoms. The lowest BCUT2D eigenvalue weighted by molar-refractivity contribution is -0.144. The third-order valence-corrected chi connectivity index (χ3v) is 3.83. The van der Waals surface area contributed by atoms with E-state index in [2.05, 4.69) is 21.2 Å². The van der Waals surface area contributed by atoms with Gasteiger partial charge in [-0.15, -0.1) is 0 Å². The van der Waals surface area contributed by atoms with Crippen LogP contribution >= 0.6 is 15.9 Å². The van der Waals surface area contributed by atoms with E-state index in [9.17, 15) is 9.59 Å². The molecule has 0 aliphatic rings.